The number of aryl methyl sites for hydroxylation is 1. The molecule has 0 unspecified atom stereocenters. The van der Waals surface area contributed by atoms with E-state index in [2.05, 4.69) is 15.9 Å². The van der Waals surface area contributed by atoms with Crippen molar-refractivity contribution in [1.29, 1.82) is 0 Å². The highest BCUT2D eigenvalue weighted by molar-refractivity contribution is 9.10. The number of carbonyl (C=O) groups excluding carboxylic acids is 1. The lowest BCUT2D eigenvalue weighted by Gasteiger charge is -2.24. The lowest BCUT2D eigenvalue weighted by atomic mass is 10.2. The van der Waals surface area contributed by atoms with Crippen molar-refractivity contribution in [2.45, 2.75) is 26.8 Å². The van der Waals surface area contributed by atoms with Gasteiger partial charge in [-0.1, -0.05) is 0 Å². The Labute approximate surface area is 112 Å². The van der Waals surface area contributed by atoms with Crippen molar-refractivity contribution in [2.75, 3.05) is 6.54 Å². The summed E-state index contributed by atoms with van der Waals surface area (Å²) in [6.07, 6.45) is 0. The van der Waals surface area contributed by atoms with Crippen molar-refractivity contribution in [3.05, 3.63) is 20.3 Å². The molecule has 1 N–H and O–H groups in total. The number of carboxylic acid groups (broad SMARTS) is 1. The highest BCUT2D eigenvalue weighted by Crippen LogP contribution is 2.29. The number of carbonyl (C=O) groups is 2. The second kappa shape index (κ2) is 5.64. The summed E-state index contributed by atoms with van der Waals surface area (Å²) in [4.78, 5) is 24.8. The molecule has 1 aromatic rings. The molecule has 1 rings (SSSR count). The second-order valence-electron chi connectivity index (χ2n) is 3.98. The highest BCUT2D eigenvalue weighted by atomic mass is 79.9. The van der Waals surface area contributed by atoms with Gasteiger partial charge in [0, 0.05) is 10.5 Å². The Bertz CT molecular complexity index is 442. The molecule has 0 saturated heterocycles. The molecular weight excluding hydrogens is 306 g/mol. The van der Waals surface area contributed by atoms with Crippen LogP contribution in [0.15, 0.2) is 9.85 Å². The molecule has 17 heavy (non-hydrogen) atoms. The van der Waals surface area contributed by atoms with E-state index in [1.807, 2.05) is 12.3 Å². The number of nitrogens with zero attached hydrogens (tertiary/aromatic N) is 1. The lowest BCUT2D eigenvalue weighted by Crippen LogP contribution is -2.40. The van der Waals surface area contributed by atoms with E-state index in [0.717, 1.165) is 10.0 Å². The van der Waals surface area contributed by atoms with Gasteiger partial charge in [-0.2, -0.15) is 0 Å². The maximum Gasteiger partial charge on any atom is 0.323 e. The van der Waals surface area contributed by atoms with Crippen molar-refractivity contribution < 1.29 is 14.7 Å². The number of carboxylic acids is 1. The van der Waals surface area contributed by atoms with Gasteiger partial charge in [0.05, 0.1) is 0 Å². The van der Waals surface area contributed by atoms with Crippen LogP contribution in [-0.4, -0.2) is 34.5 Å². The fourth-order valence-electron chi connectivity index (χ4n) is 1.34. The zero-order valence-corrected chi connectivity index (χ0v) is 12.3. The van der Waals surface area contributed by atoms with Gasteiger partial charge in [-0.15, -0.1) is 11.3 Å². The summed E-state index contributed by atoms with van der Waals surface area (Å²) in [5, 5.41) is 10.7. The first-order valence-corrected chi connectivity index (χ1v) is 6.78. The number of halogens is 1. The van der Waals surface area contributed by atoms with Crippen LogP contribution in [0.25, 0.3) is 0 Å². The third kappa shape index (κ3) is 3.29. The van der Waals surface area contributed by atoms with Crippen LogP contribution >= 0.6 is 27.3 Å². The number of aliphatic carboxylic acids is 1. The van der Waals surface area contributed by atoms with E-state index in [1.54, 1.807) is 13.8 Å². The van der Waals surface area contributed by atoms with Crippen LogP contribution in [-0.2, 0) is 4.79 Å². The summed E-state index contributed by atoms with van der Waals surface area (Å²) >= 11 is 4.68. The van der Waals surface area contributed by atoms with Gasteiger partial charge in [0.1, 0.15) is 11.4 Å². The van der Waals surface area contributed by atoms with E-state index >= 15 is 0 Å². The minimum absolute atomic E-state index is 0.145. The molecule has 0 aromatic carbocycles. The van der Waals surface area contributed by atoms with Gasteiger partial charge >= 0.3 is 5.97 Å². The Kier molecular flexibility index (Phi) is 4.70. The zero-order chi connectivity index (χ0) is 13.2. The molecule has 0 radical (unpaired) electrons. The average Bonchev–Trinajstić information content (AvgIpc) is 2.55. The fraction of sp³-hybridized carbons (Fsp3) is 0.455. The first-order chi connectivity index (χ1) is 7.84. The van der Waals surface area contributed by atoms with E-state index in [0.29, 0.717) is 4.88 Å². The molecule has 94 valence electrons. The number of rotatable bonds is 4. The molecule has 0 bridgehead atoms. The Morgan fingerprint density at radius 2 is 2.12 bits per heavy atom. The van der Waals surface area contributed by atoms with Gasteiger partial charge in [0.15, 0.2) is 0 Å². The molecule has 1 amide bonds. The Hall–Kier alpha value is -0.880. The largest absolute Gasteiger partial charge is 0.480 e. The average molecular weight is 320 g/mol. The number of hydrogen-bond acceptors (Lipinski definition) is 3. The van der Waals surface area contributed by atoms with Gasteiger partial charge < -0.3 is 10.0 Å². The predicted octanol–water partition coefficient (Wildman–Crippen LogP) is 2.75. The predicted molar refractivity (Wildman–Crippen MR) is 70.6 cm³/mol. The van der Waals surface area contributed by atoms with Crippen LogP contribution in [0.2, 0.25) is 0 Å². The quantitative estimate of drug-likeness (QED) is 0.928. The zero-order valence-electron chi connectivity index (χ0n) is 9.86. The molecule has 6 heteroatoms. The Morgan fingerprint density at radius 1 is 1.53 bits per heavy atom. The molecule has 4 nitrogen and oxygen atoms in total. The van der Waals surface area contributed by atoms with Crippen LogP contribution < -0.4 is 0 Å². The summed E-state index contributed by atoms with van der Waals surface area (Å²) in [6, 6.07) is -0.145. The first-order valence-electron chi connectivity index (χ1n) is 5.11. The molecular formula is C11H14BrNO3S. The minimum Gasteiger partial charge on any atom is -0.480 e. The summed E-state index contributed by atoms with van der Waals surface area (Å²) in [7, 11) is 0. The van der Waals surface area contributed by atoms with Crippen LogP contribution in [0.3, 0.4) is 0 Å². The highest BCUT2D eigenvalue weighted by Gasteiger charge is 2.24. The van der Waals surface area contributed by atoms with Gasteiger partial charge in [0.25, 0.3) is 5.91 Å². The molecule has 0 spiro atoms. The molecule has 0 fully saturated rings. The lowest BCUT2D eigenvalue weighted by molar-refractivity contribution is -0.138. The third-order valence-electron chi connectivity index (χ3n) is 2.28. The van der Waals surface area contributed by atoms with Crippen molar-refractivity contribution in [3.63, 3.8) is 0 Å². The number of amides is 1. The van der Waals surface area contributed by atoms with E-state index < -0.39 is 5.97 Å². The van der Waals surface area contributed by atoms with Crippen LogP contribution in [0.5, 0.6) is 0 Å². The molecule has 0 aliphatic carbocycles. The summed E-state index contributed by atoms with van der Waals surface area (Å²) in [5.41, 5.74) is 0.984. The van der Waals surface area contributed by atoms with Gasteiger partial charge in [-0.3, -0.25) is 9.59 Å². The fourth-order valence-corrected chi connectivity index (χ4v) is 2.95. The standard InChI is InChI=1S/C11H14BrNO3S/c1-6(2)13(4-8(14)15)11(16)10-9(12)7(3)5-17-10/h5-6H,4H2,1-3H3,(H,14,15). The minimum atomic E-state index is -1.00. The van der Waals surface area contributed by atoms with Gasteiger partial charge in [0.2, 0.25) is 0 Å². The molecule has 1 aromatic heterocycles. The summed E-state index contributed by atoms with van der Waals surface area (Å²) in [5.74, 6) is -1.25. The van der Waals surface area contributed by atoms with Gasteiger partial charge in [-0.25, -0.2) is 0 Å². The van der Waals surface area contributed by atoms with Crippen molar-refractivity contribution in [3.8, 4) is 0 Å². The summed E-state index contributed by atoms with van der Waals surface area (Å²) in [6.45, 7) is 5.22. The third-order valence-corrected chi connectivity index (χ3v) is 4.65. The van der Waals surface area contributed by atoms with Crippen LogP contribution in [0, 0.1) is 6.92 Å². The smallest absolute Gasteiger partial charge is 0.323 e. The van der Waals surface area contributed by atoms with Crippen LogP contribution in [0.1, 0.15) is 29.1 Å². The molecule has 0 atom stereocenters. The first kappa shape index (κ1) is 14.2. The Balaban J connectivity index is 3.00. The van der Waals surface area contributed by atoms with E-state index in [-0.39, 0.29) is 18.5 Å². The second-order valence-corrected chi connectivity index (χ2v) is 5.66. The van der Waals surface area contributed by atoms with Crippen molar-refractivity contribution >= 4 is 39.1 Å². The maximum absolute atomic E-state index is 12.2. The molecule has 0 aliphatic rings. The normalized spacial score (nSPS) is 10.6. The van der Waals surface area contributed by atoms with E-state index in [4.69, 9.17) is 5.11 Å². The van der Waals surface area contributed by atoms with E-state index in [1.165, 1.54) is 16.2 Å². The van der Waals surface area contributed by atoms with Crippen molar-refractivity contribution in [1.82, 2.24) is 4.90 Å². The molecule has 1 heterocycles. The monoisotopic (exact) mass is 319 g/mol. The van der Waals surface area contributed by atoms with Crippen molar-refractivity contribution in [2.24, 2.45) is 0 Å². The number of hydrogen-bond donors (Lipinski definition) is 1. The topological polar surface area (TPSA) is 57.6 Å². The van der Waals surface area contributed by atoms with E-state index in [9.17, 15) is 9.59 Å². The molecule has 0 saturated carbocycles. The number of thiophene rings is 1. The summed E-state index contributed by atoms with van der Waals surface area (Å²) < 4.78 is 0.753. The molecule has 0 aliphatic heterocycles. The van der Waals surface area contributed by atoms with Crippen LogP contribution in [0.4, 0.5) is 0 Å². The SMILES string of the molecule is Cc1csc(C(=O)N(CC(=O)O)C(C)C)c1Br. The van der Waals surface area contributed by atoms with Gasteiger partial charge in [-0.05, 0) is 47.6 Å². The maximum atomic E-state index is 12.2. The Morgan fingerprint density at radius 3 is 2.47 bits per heavy atom.